The minimum absolute atomic E-state index is 0. The molecule has 0 amide bonds. The molecule has 10 atom stereocenters. The van der Waals surface area contributed by atoms with Gasteiger partial charge in [0, 0.05) is 7.11 Å². The molecule has 5 N–H and O–H groups in total. The number of aliphatic carboxylic acids is 2. The number of carboxylic acid groups (broad SMARTS) is 2. The van der Waals surface area contributed by atoms with Crippen molar-refractivity contribution < 1.29 is 123 Å². The summed E-state index contributed by atoms with van der Waals surface area (Å²) in [4.78, 5) is 22.0. The van der Waals surface area contributed by atoms with Crippen molar-refractivity contribution in [2.45, 2.75) is 61.4 Å². The molecule has 0 spiro atoms. The van der Waals surface area contributed by atoms with Crippen LogP contribution in [0.4, 0.5) is 0 Å². The van der Waals surface area contributed by atoms with Gasteiger partial charge in [-0.15, -0.1) is 0 Å². The third kappa shape index (κ3) is 5.84. The van der Waals surface area contributed by atoms with Gasteiger partial charge >= 0.3 is 59.1 Å². The van der Waals surface area contributed by atoms with Crippen molar-refractivity contribution in [3.63, 3.8) is 0 Å². The predicted molar refractivity (Wildman–Crippen MR) is 69.3 cm³/mol. The SMILES string of the molecule is CO[C@@H]1O[C@H](C(=O)[O-])[C@@H](O)[C@H](O[C@@H]2O[C@H](C(=O)[O-])[C@@H](O)[C@H](O)[C@H]2O)[C@H]1O.[Na+].[Na+]. The first-order chi connectivity index (χ1) is 12.1. The van der Waals surface area contributed by atoms with E-state index in [0.29, 0.717) is 0 Å². The molecule has 0 radical (unpaired) electrons. The number of methoxy groups -OCH3 is 1. The number of aliphatic hydroxyl groups excluding tert-OH is 5. The zero-order chi connectivity index (χ0) is 19.8. The van der Waals surface area contributed by atoms with Crippen molar-refractivity contribution in [1.82, 2.24) is 0 Å². The Bertz CT molecular complexity index is 537. The summed E-state index contributed by atoms with van der Waals surface area (Å²) < 4.78 is 19.4. The summed E-state index contributed by atoms with van der Waals surface area (Å²) >= 11 is 0. The van der Waals surface area contributed by atoms with Crippen LogP contribution in [0.2, 0.25) is 0 Å². The van der Waals surface area contributed by atoms with Gasteiger partial charge < -0.3 is 64.3 Å². The van der Waals surface area contributed by atoms with Crippen LogP contribution in [0.5, 0.6) is 0 Å². The van der Waals surface area contributed by atoms with Crippen LogP contribution in [0.15, 0.2) is 0 Å². The summed E-state index contributed by atoms with van der Waals surface area (Å²) in [5, 5.41) is 71.3. The number of rotatable bonds is 5. The second kappa shape index (κ2) is 11.8. The molecule has 0 aromatic heterocycles. The van der Waals surface area contributed by atoms with Gasteiger partial charge in [0.1, 0.15) is 48.8 Å². The van der Waals surface area contributed by atoms with Crippen LogP contribution in [-0.2, 0) is 28.5 Å². The van der Waals surface area contributed by atoms with E-state index in [1.807, 2.05) is 0 Å². The van der Waals surface area contributed by atoms with Crippen molar-refractivity contribution in [2.75, 3.05) is 7.11 Å². The average Bonchev–Trinajstić information content (AvgIpc) is 2.57. The molecule has 2 heterocycles. The molecule has 2 rings (SSSR count). The Hall–Kier alpha value is 0.580. The van der Waals surface area contributed by atoms with Gasteiger partial charge in [0.2, 0.25) is 0 Å². The van der Waals surface area contributed by atoms with E-state index in [1.165, 1.54) is 0 Å². The summed E-state index contributed by atoms with van der Waals surface area (Å²) in [6.07, 6.45) is -19.3. The molecule has 0 bridgehead atoms. The van der Waals surface area contributed by atoms with Crippen molar-refractivity contribution in [3.05, 3.63) is 0 Å². The molecular weight excluding hydrogens is 410 g/mol. The molecular formula is C13H18Na2O13. The van der Waals surface area contributed by atoms with Gasteiger partial charge in [-0.1, -0.05) is 0 Å². The zero-order valence-corrected chi connectivity index (χ0v) is 19.3. The van der Waals surface area contributed by atoms with Gasteiger partial charge in [-0.05, 0) is 0 Å². The van der Waals surface area contributed by atoms with Crippen LogP contribution >= 0.6 is 0 Å². The van der Waals surface area contributed by atoms with Gasteiger partial charge in [0.25, 0.3) is 0 Å². The van der Waals surface area contributed by atoms with Gasteiger partial charge in [0.15, 0.2) is 12.6 Å². The largest absolute Gasteiger partial charge is 1.00 e. The summed E-state index contributed by atoms with van der Waals surface area (Å²) in [6.45, 7) is 0. The number of carbonyl (C=O) groups is 2. The smallest absolute Gasteiger partial charge is 0.547 e. The van der Waals surface area contributed by atoms with E-state index >= 15 is 0 Å². The van der Waals surface area contributed by atoms with Crippen molar-refractivity contribution in [1.29, 1.82) is 0 Å². The molecule has 0 aromatic rings. The van der Waals surface area contributed by atoms with Crippen LogP contribution < -0.4 is 69.3 Å². The Balaban J connectivity index is 0.00000364. The van der Waals surface area contributed by atoms with E-state index in [1.54, 1.807) is 0 Å². The molecule has 0 saturated carbocycles. The molecule has 0 aromatic carbocycles. The molecule has 0 aliphatic carbocycles. The third-order valence-electron chi connectivity index (χ3n) is 4.10. The Morgan fingerprint density at radius 2 is 1.21 bits per heavy atom. The third-order valence-corrected chi connectivity index (χ3v) is 4.10. The maximum Gasteiger partial charge on any atom is 1.00 e. The van der Waals surface area contributed by atoms with E-state index in [2.05, 4.69) is 0 Å². The summed E-state index contributed by atoms with van der Waals surface area (Å²) in [7, 11) is 1.06. The Labute approximate surface area is 202 Å². The second-order valence-electron chi connectivity index (χ2n) is 5.78. The maximum atomic E-state index is 11.0. The monoisotopic (exact) mass is 428 g/mol. The maximum absolute atomic E-state index is 11.0. The number of carbonyl (C=O) groups excluding carboxylic acids is 2. The van der Waals surface area contributed by atoms with E-state index in [9.17, 15) is 45.3 Å². The van der Waals surface area contributed by atoms with E-state index < -0.39 is 73.4 Å². The first kappa shape index (κ1) is 28.6. The minimum atomic E-state index is -2.09. The number of aliphatic hydroxyl groups is 5. The fourth-order valence-electron chi connectivity index (χ4n) is 2.70. The quantitative estimate of drug-likeness (QED) is 0.257. The molecule has 150 valence electrons. The van der Waals surface area contributed by atoms with Crippen molar-refractivity contribution in [3.8, 4) is 0 Å². The Morgan fingerprint density at radius 1 is 0.750 bits per heavy atom. The van der Waals surface area contributed by atoms with Crippen molar-refractivity contribution >= 4 is 11.9 Å². The second-order valence-corrected chi connectivity index (χ2v) is 5.78. The normalized spacial score (nSPS) is 43.4. The molecule has 13 nitrogen and oxygen atoms in total. The van der Waals surface area contributed by atoms with E-state index in [-0.39, 0.29) is 59.1 Å². The first-order valence-corrected chi connectivity index (χ1v) is 7.41. The average molecular weight is 428 g/mol. The number of hydrogen-bond donors (Lipinski definition) is 5. The predicted octanol–water partition coefficient (Wildman–Crippen LogP) is -13.2. The molecule has 28 heavy (non-hydrogen) atoms. The van der Waals surface area contributed by atoms with Crippen LogP contribution in [0.25, 0.3) is 0 Å². The molecule has 2 aliphatic heterocycles. The fraction of sp³-hybridized carbons (Fsp3) is 0.846. The zero-order valence-electron chi connectivity index (χ0n) is 15.3. The molecule has 2 aliphatic rings. The van der Waals surface area contributed by atoms with Gasteiger partial charge in [0.05, 0.1) is 11.9 Å². The van der Waals surface area contributed by atoms with Gasteiger partial charge in [-0.2, -0.15) is 0 Å². The number of carboxylic acids is 2. The van der Waals surface area contributed by atoms with Crippen LogP contribution in [-0.4, -0.2) is 106 Å². The summed E-state index contributed by atoms with van der Waals surface area (Å²) in [5.74, 6) is -3.78. The molecule has 2 saturated heterocycles. The topological polar surface area (TPSA) is 218 Å². The van der Waals surface area contributed by atoms with E-state index in [4.69, 9.17) is 18.9 Å². The number of ether oxygens (including phenoxy) is 4. The van der Waals surface area contributed by atoms with Gasteiger partial charge in [-0.25, -0.2) is 0 Å². The molecule has 15 heteroatoms. The first-order valence-electron chi connectivity index (χ1n) is 7.41. The number of hydrogen-bond acceptors (Lipinski definition) is 13. The van der Waals surface area contributed by atoms with Crippen LogP contribution in [0.3, 0.4) is 0 Å². The summed E-state index contributed by atoms with van der Waals surface area (Å²) in [6, 6.07) is 0. The van der Waals surface area contributed by atoms with Crippen LogP contribution in [0, 0.1) is 0 Å². The Kier molecular flexibility index (Phi) is 12.1. The molecule has 2 fully saturated rings. The van der Waals surface area contributed by atoms with E-state index in [0.717, 1.165) is 7.11 Å². The van der Waals surface area contributed by atoms with Gasteiger partial charge in [-0.3, -0.25) is 0 Å². The van der Waals surface area contributed by atoms with Crippen molar-refractivity contribution in [2.24, 2.45) is 0 Å². The Morgan fingerprint density at radius 3 is 1.68 bits per heavy atom. The molecule has 0 unspecified atom stereocenters. The van der Waals surface area contributed by atoms with Crippen LogP contribution in [0.1, 0.15) is 0 Å². The minimum Gasteiger partial charge on any atom is -0.547 e. The fourth-order valence-corrected chi connectivity index (χ4v) is 2.70. The standard InChI is InChI=1S/C13H20O13.2Na/c1-23-12-6(18)7(5(17)9(25-12)11(21)22)24-13-4(16)2(14)3(15)8(26-13)10(19)20;;/h2-9,12-18H,1H3,(H,19,20)(H,21,22);;/q;2*+1/p-2/t2-,3-,4+,5-,6+,7-,8-,9-,12+,13+;;/m0../s1. The summed E-state index contributed by atoms with van der Waals surface area (Å²) in [5.41, 5.74) is 0.